The molecule has 0 bridgehead atoms. The molecule has 0 saturated carbocycles. The van der Waals surface area contributed by atoms with Crippen molar-refractivity contribution in [3.63, 3.8) is 0 Å². The molecule has 1 aromatic carbocycles. The van der Waals surface area contributed by atoms with E-state index in [0.29, 0.717) is 5.75 Å². The average molecular weight is 213 g/mol. The van der Waals surface area contributed by atoms with Crippen LogP contribution in [0.1, 0.15) is 26.3 Å². The first-order valence-electron chi connectivity index (χ1n) is 4.38. The van der Waals surface area contributed by atoms with Crippen LogP contribution in [0.3, 0.4) is 0 Å². The van der Waals surface area contributed by atoms with E-state index in [1.54, 1.807) is 6.07 Å². The summed E-state index contributed by atoms with van der Waals surface area (Å²) in [6, 6.07) is 7.38. The molecule has 0 amide bonds. The second-order valence-corrected chi connectivity index (χ2v) is 4.39. The van der Waals surface area contributed by atoms with E-state index in [0.717, 1.165) is 5.56 Å². The summed E-state index contributed by atoms with van der Waals surface area (Å²) < 4.78 is 4.90. The average Bonchev–Trinajstić information content (AvgIpc) is 2.01. The van der Waals surface area contributed by atoms with Crippen LogP contribution in [-0.4, -0.2) is 5.43 Å². The summed E-state index contributed by atoms with van der Waals surface area (Å²) in [4.78, 5) is 10.6. The molecule has 1 rings (SSSR count). The van der Waals surface area contributed by atoms with E-state index in [-0.39, 0.29) is 5.41 Å². The van der Waals surface area contributed by atoms with Gasteiger partial charge in [-0.1, -0.05) is 39.0 Å². The second kappa shape index (κ2) is 4.01. The zero-order valence-electron chi connectivity index (χ0n) is 8.50. The number of rotatable bonds is 1. The highest BCUT2D eigenvalue weighted by Gasteiger charge is 2.19. The summed E-state index contributed by atoms with van der Waals surface area (Å²) in [5.41, 5.74) is 0.0961. The molecular formula is C11H13ClO2. The lowest BCUT2D eigenvalue weighted by Gasteiger charge is -2.21. The molecule has 0 spiro atoms. The van der Waals surface area contributed by atoms with Crippen molar-refractivity contribution in [2.24, 2.45) is 0 Å². The van der Waals surface area contributed by atoms with Crippen molar-refractivity contribution in [2.45, 2.75) is 26.2 Å². The summed E-state index contributed by atoms with van der Waals surface area (Å²) in [6.07, 6.45) is 0. The Kier molecular flexibility index (Phi) is 3.17. The number of halogens is 1. The number of hydrogen-bond acceptors (Lipinski definition) is 2. The molecule has 0 N–H and O–H groups in total. The van der Waals surface area contributed by atoms with Crippen LogP contribution in [0, 0.1) is 0 Å². The third kappa shape index (κ3) is 2.74. The SMILES string of the molecule is CC(C)(C)c1ccccc1OC(=O)Cl. The van der Waals surface area contributed by atoms with Gasteiger partial charge in [0, 0.05) is 17.2 Å². The summed E-state index contributed by atoms with van der Waals surface area (Å²) in [5, 5.41) is 0. The summed E-state index contributed by atoms with van der Waals surface area (Å²) in [7, 11) is 0. The van der Waals surface area contributed by atoms with Crippen molar-refractivity contribution in [2.75, 3.05) is 0 Å². The number of carbonyl (C=O) groups excluding carboxylic acids is 1. The molecule has 0 radical (unpaired) electrons. The molecule has 0 unspecified atom stereocenters. The van der Waals surface area contributed by atoms with Gasteiger partial charge in [-0.25, -0.2) is 4.79 Å². The Balaban J connectivity index is 3.10. The van der Waals surface area contributed by atoms with Crippen molar-refractivity contribution in [1.29, 1.82) is 0 Å². The number of hydrogen-bond donors (Lipinski definition) is 0. The van der Waals surface area contributed by atoms with Crippen molar-refractivity contribution < 1.29 is 9.53 Å². The highest BCUT2D eigenvalue weighted by atomic mass is 35.5. The second-order valence-electron chi connectivity index (χ2n) is 4.09. The molecule has 0 heterocycles. The summed E-state index contributed by atoms with van der Waals surface area (Å²) in [6.45, 7) is 6.15. The Morgan fingerprint density at radius 1 is 1.29 bits per heavy atom. The maximum atomic E-state index is 10.6. The molecule has 0 fully saturated rings. The minimum Gasteiger partial charge on any atom is -0.414 e. The minimum absolute atomic E-state index is 0.0665. The van der Waals surface area contributed by atoms with Gasteiger partial charge in [0.25, 0.3) is 0 Å². The number of para-hydroxylation sites is 1. The first-order chi connectivity index (χ1) is 6.41. The first kappa shape index (κ1) is 11.1. The molecule has 0 saturated heterocycles. The van der Waals surface area contributed by atoms with Gasteiger partial charge in [-0.3, -0.25) is 0 Å². The van der Waals surface area contributed by atoms with E-state index in [1.165, 1.54) is 0 Å². The Morgan fingerprint density at radius 2 is 1.86 bits per heavy atom. The Morgan fingerprint density at radius 3 is 2.36 bits per heavy atom. The highest BCUT2D eigenvalue weighted by Crippen LogP contribution is 2.31. The van der Waals surface area contributed by atoms with E-state index < -0.39 is 5.43 Å². The number of benzene rings is 1. The van der Waals surface area contributed by atoms with Crippen molar-refractivity contribution >= 4 is 17.0 Å². The van der Waals surface area contributed by atoms with Crippen LogP contribution in [0.4, 0.5) is 4.79 Å². The summed E-state index contributed by atoms with van der Waals surface area (Å²) >= 11 is 5.17. The molecule has 76 valence electrons. The van der Waals surface area contributed by atoms with Gasteiger partial charge < -0.3 is 4.74 Å². The van der Waals surface area contributed by atoms with Crippen molar-refractivity contribution in [1.82, 2.24) is 0 Å². The van der Waals surface area contributed by atoms with E-state index >= 15 is 0 Å². The van der Waals surface area contributed by atoms with Gasteiger partial charge in [-0.15, -0.1) is 0 Å². The van der Waals surface area contributed by atoms with Crippen LogP contribution in [0.2, 0.25) is 0 Å². The van der Waals surface area contributed by atoms with E-state index in [4.69, 9.17) is 16.3 Å². The molecule has 0 aliphatic rings. The van der Waals surface area contributed by atoms with Crippen LogP contribution in [0.15, 0.2) is 24.3 Å². The molecule has 0 aliphatic heterocycles. The lowest BCUT2D eigenvalue weighted by Crippen LogP contribution is -2.13. The van der Waals surface area contributed by atoms with Gasteiger partial charge in [0.2, 0.25) is 0 Å². The quantitative estimate of drug-likeness (QED) is 0.664. The lowest BCUT2D eigenvalue weighted by molar-refractivity contribution is 0.224. The van der Waals surface area contributed by atoms with Gasteiger partial charge in [-0.05, 0) is 11.5 Å². The Bertz CT molecular complexity index is 339. The molecule has 0 atom stereocenters. The molecule has 0 aromatic heterocycles. The maximum Gasteiger partial charge on any atom is 0.409 e. The van der Waals surface area contributed by atoms with E-state index in [9.17, 15) is 4.79 Å². The molecule has 3 heteroatoms. The Hall–Kier alpha value is -1.02. The first-order valence-corrected chi connectivity index (χ1v) is 4.76. The monoisotopic (exact) mass is 212 g/mol. The maximum absolute atomic E-state index is 10.6. The predicted molar refractivity (Wildman–Crippen MR) is 57.0 cm³/mol. The van der Waals surface area contributed by atoms with Gasteiger partial charge in [0.05, 0.1) is 0 Å². The van der Waals surface area contributed by atoms with Crippen LogP contribution < -0.4 is 4.74 Å². The van der Waals surface area contributed by atoms with Crippen LogP contribution in [0.5, 0.6) is 5.75 Å². The fraction of sp³-hybridized carbons (Fsp3) is 0.364. The zero-order valence-corrected chi connectivity index (χ0v) is 9.26. The number of carbonyl (C=O) groups is 1. The molecule has 1 aromatic rings. The van der Waals surface area contributed by atoms with Crippen molar-refractivity contribution in [3.8, 4) is 5.75 Å². The van der Waals surface area contributed by atoms with Gasteiger partial charge in [0.15, 0.2) is 0 Å². The fourth-order valence-electron chi connectivity index (χ4n) is 1.26. The van der Waals surface area contributed by atoms with Gasteiger partial charge in [-0.2, -0.15) is 0 Å². The molecule has 14 heavy (non-hydrogen) atoms. The van der Waals surface area contributed by atoms with Gasteiger partial charge in [0.1, 0.15) is 5.75 Å². The van der Waals surface area contributed by atoms with Crippen LogP contribution >= 0.6 is 11.6 Å². The normalized spacial score (nSPS) is 11.1. The lowest BCUT2D eigenvalue weighted by atomic mass is 9.86. The predicted octanol–water partition coefficient (Wildman–Crippen LogP) is 3.72. The van der Waals surface area contributed by atoms with E-state index in [1.807, 2.05) is 39.0 Å². The Labute approximate surface area is 88.8 Å². The van der Waals surface area contributed by atoms with Crippen LogP contribution in [-0.2, 0) is 5.41 Å². The summed E-state index contributed by atoms with van der Waals surface area (Å²) in [5.74, 6) is 0.528. The smallest absolute Gasteiger partial charge is 0.409 e. The largest absolute Gasteiger partial charge is 0.414 e. The fourth-order valence-corrected chi connectivity index (χ4v) is 1.34. The van der Waals surface area contributed by atoms with E-state index in [2.05, 4.69) is 0 Å². The topological polar surface area (TPSA) is 26.3 Å². The van der Waals surface area contributed by atoms with Crippen LogP contribution in [0.25, 0.3) is 0 Å². The number of ether oxygens (including phenoxy) is 1. The highest BCUT2D eigenvalue weighted by molar-refractivity contribution is 6.61. The molecule has 2 nitrogen and oxygen atoms in total. The van der Waals surface area contributed by atoms with Crippen molar-refractivity contribution in [3.05, 3.63) is 29.8 Å². The molecule has 0 aliphatic carbocycles. The third-order valence-electron chi connectivity index (χ3n) is 1.89. The standard InChI is InChI=1S/C11H13ClO2/c1-11(2,3)8-6-4-5-7-9(8)14-10(12)13/h4-7H,1-3H3. The zero-order chi connectivity index (χ0) is 10.8. The van der Waals surface area contributed by atoms with Gasteiger partial charge >= 0.3 is 5.43 Å². The molecular weight excluding hydrogens is 200 g/mol. The minimum atomic E-state index is -0.804. The third-order valence-corrected chi connectivity index (χ3v) is 1.96.